The summed E-state index contributed by atoms with van der Waals surface area (Å²) in [5, 5.41) is 3.39. The Morgan fingerprint density at radius 1 is 1.07 bits per heavy atom. The summed E-state index contributed by atoms with van der Waals surface area (Å²) in [5.74, 6) is 1.21. The van der Waals surface area contributed by atoms with Gasteiger partial charge in [0.1, 0.15) is 5.82 Å². The molecule has 2 aromatic rings. The zero-order valence-corrected chi connectivity index (χ0v) is 17.4. The summed E-state index contributed by atoms with van der Waals surface area (Å²) < 4.78 is 14.0. The smallest absolute Gasteiger partial charge is 0.228 e. The van der Waals surface area contributed by atoms with Crippen LogP contribution in [0.5, 0.6) is 0 Å². The van der Waals surface area contributed by atoms with E-state index in [-0.39, 0.29) is 29.6 Å². The van der Waals surface area contributed by atoms with Crippen LogP contribution in [0.4, 0.5) is 4.39 Å². The van der Waals surface area contributed by atoms with Crippen LogP contribution >= 0.6 is 0 Å². The lowest BCUT2D eigenvalue weighted by molar-refractivity contribution is -0.124. The summed E-state index contributed by atoms with van der Waals surface area (Å²) in [4.78, 5) is 15.5. The molecule has 2 fully saturated rings. The van der Waals surface area contributed by atoms with Crippen LogP contribution in [0, 0.1) is 23.6 Å². The lowest BCUT2D eigenvalue weighted by Gasteiger charge is -2.26. The van der Waals surface area contributed by atoms with Gasteiger partial charge in [0.25, 0.3) is 0 Å². The van der Waals surface area contributed by atoms with E-state index in [4.69, 9.17) is 0 Å². The van der Waals surface area contributed by atoms with Crippen molar-refractivity contribution in [3.05, 3.63) is 71.5 Å². The minimum atomic E-state index is -0.128. The average Bonchev–Trinajstić information content (AvgIpc) is 3.26. The molecule has 2 aromatic carbocycles. The van der Waals surface area contributed by atoms with Gasteiger partial charge in [0.2, 0.25) is 5.91 Å². The fourth-order valence-corrected chi connectivity index (χ4v) is 5.31. The van der Waals surface area contributed by atoms with Crippen molar-refractivity contribution in [1.29, 1.82) is 0 Å². The molecule has 154 valence electrons. The Morgan fingerprint density at radius 3 is 2.52 bits per heavy atom. The number of benzene rings is 2. The van der Waals surface area contributed by atoms with Crippen LogP contribution in [0.15, 0.2) is 54.6 Å². The molecule has 0 radical (unpaired) electrons. The van der Waals surface area contributed by atoms with E-state index < -0.39 is 0 Å². The maximum absolute atomic E-state index is 14.0. The number of hydrogen-bond donors (Lipinski definition) is 1. The van der Waals surface area contributed by atoms with Gasteiger partial charge in [-0.25, -0.2) is 4.39 Å². The molecule has 1 amide bonds. The van der Waals surface area contributed by atoms with Gasteiger partial charge in [-0.15, -0.1) is 0 Å². The number of carbonyl (C=O) groups is 1. The highest BCUT2D eigenvalue weighted by atomic mass is 19.1. The summed E-state index contributed by atoms with van der Waals surface area (Å²) in [7, 11) is 0. The first-order valence-electron chi connectivity index (χ1n) is 10.8. The van der Waals surface area contributed by atoms with Gasteiger partial charge >= 0.3 is 0 Å². The van der Waals surface area contributed by atoms with Gasteiger partial charge in [0.05, 0.1) is 5.92 Å². The number of nitrogens with zero attached hydrogens (tertiary/aromatic N) is 1. The second-order valence-corrected chi connectivity index (χ2v) is 9.03. The SMILES string of the molecule is CC(C)C(C(=O)N[C@H]1CC[C@@H]2CN(Cc3ccccc3F)C[C@@H]21)c1ccccc1. The Balaban J connectivity index is 1.40. The van der Waals surface area contributed by atoms with E-state index in [0.29, 0.717) is 18.4 Å². The standard InChI is InChI=1S/C25H31FN2O/c1-17(2)24(18-8-4-3-5-9-18)25(29)27-23-13-12-19-14-28(16-21(19)23)15-20-10-6-7-11-22(20)26/h3-11,17,19,21,23-24H,12-16H2,1-2H3,(H,27,29)/t19-,21+,23+,24?/m1/s1. The Hall–Kier alpha value is -2.20. The van der Waals surface area contributed by atoms with Crippen LogP contribution < -0.4 is 5.32 Å². The topological polar surface area (TPSA) is 32.3 Å². The zero-order chi connectivity index (χ0) is 20.4. The number of amides is 1. The third kappa shape index (κ3) is 4.37. The quantitative estimate of drug-likeness (QED) is 0.777. The van der Waals surface area contributed by atoms with Gasteiger partial charge < -0.3 is 5.32 Å². The second kappa shape index (κ2) is 8.66. The van der Waals surface area contributed by atoms with Crippen LogP contribution in [0.2, 0.25) is 0 Å². The molecule has 1 aliphatic carbocycles. The van der Waals surface area contributed by atoms with E-state index >= 15 is 0 Å². The van der Waals surface area contributed by atoms with Crippen LogP contribution in [0.1, 0.15) is 43.7 Å². The van der Waals surface area contributed by atoms with Crippen LogP contribution in [0.3, 0.4) is 0 Å². The maximum atomic E-state index is 14.0. The number of carbonyl (C=O) groups excluding carboxylic acids is 1. The Labute approximate surface area is 173 Å². The molecule has 29 heavy (non-hydrogen) atoms. The minimum absolute atomic E-state index is 0.119. The van der Waals surface area contributed by atoms with Crippen molar-refractivity contribution >= 4 is 5.91 Å². The molecule has 4 heteroatoms. The number of rotatable bonds is 6. The number of fused-ring (bicyclic) bond motifs is 1. The highest BCUT2D eigenvalue weighted by Crippen LogP contribution is 2.39. The number of likely N-dealkylation sites (tertiary alicyclic amines) is 1. The third-order valence-electron chi connectivity index (χ3n) is 6.72. The van der Waals surface area contributed by atoms with Crippen LogP contribution in [-0.2, 0) is 11.3 Å². The Morgan fingerprint density at radius 2 is 1.79 bits per heavy atom. The highest BCUT2D eigenvalue weighted by molar-refractivity contribution is 5.84. The molecule has 0 aromatic heterocycles. The lowest BCUT2D eigenvalue weighted by Crippen LogP contribution is -2.43. The third-order valence-corrected chi connectivity index (χ3v) is 6.72. The zero-order valence-electron chi connectivity index (χ0n) is 17.4. The first-order valence-corrected chi connectivity index (χ1v) is 10.8. The molecule has 0 spiro atoms. The Bertz CT molecular complexity index is 838. The largest absolute Gasteiger partial charge is 0.352 e. The van der Waals surface area contributed by atoms with Gasteiger partial charge in [-0.05, 0) is 42.2 Å². The van der Waals surface area contributed by atoms with Crippen molar-refractivity contribution in [2.45, 2.75) is 45.2 Å². The van der Waals surface area contributed by atoms with E-state index in [1.54, 1.807) is 6.07 Å². The number of halogens is 1. The van der Waals surface area contributed by atoms with E-state index in [0.717, 1.165) is 37.1 Å². The molecular weight excluding hydrogens is 363 g/mol. The first-order chi connectivity index (χ1) is 14.0. The van der Waals surface area contributed by atoms with Gasteiger partial charge in [0, 0.05) is 31.2 Å². The normalized spacial score (nSPS) is 25.2. The molecule has 1 heterocycles. The first kappa shape index (κ1) is 20.1. The fraction of sp³-hybridized carbons (Fsp3) is 0.480. The van der Waals surface area contributed by atoms with E-state index in [1.807, 2.05) is 42.5 Å². The average molecular weight is 395 g/mol. The van der Waals surface area contributed by atoms with Gasteiger partial charge in [-0.2, -0.15) is 0 Å². The van der Waals surface area contributed by atoms with E-state index in [9.17, 15) is 9.18 Å². The highest BCUT2D eigenvalue weighted by Gasteiger charge is 2.43. The number of nitrogens with one attached hydrogen (secondary N) is 1. The molecule has 2 aliphatic rings. The minimum Gasteiger partial charge on any atom is -0.352 e. The summed E-state index contributed by atoms with van der Waals surface area (Å²) in [6.07, 6.45) is 2.19. The maximum Gasteiger partial charge on any atom is 0.228 e. The van der Waals surface area contributed by atoms with E-state index in [1.165, 1.54) is 6.07 Å². The van der Waals surface area contributed by atoms with Gasteiger partial charge in [-0.1, -0.05) is 62.4 Å². The van der Waals surface area contributed by atoms with Crippen molar-refractivity contribution in [3.63, 3.8) is 0 Å². The summed E-state index contributed by atoms with van der Waals surface area (Å²) in [6.45, 7) is 6.80. The molecule has 4 atom stereocenters. The van der Waals surface area contributed by atoms with Crippen LogP contribution in [0.25, 0.3) is 0 Å². The van der Waals surface area contributed by atoms with Gasteiger partial charge in [0.15, 0.2) is 0 Å². The second-order valence-electron chi connectivity index (χ2n) is 9.03. The molecular formula is C25H31FN2O. The molecule has 4 rings (SSSR count). The van der Waals surface area contributed by atoms with Crippen molar-refractivity contribution in [2.24, 2.45) is 17.8 Å². The molecule has 1 unspecified atom stereocenters. The molecule has 1 saturated carbocycles. The summed E-state index contributed by atoms with van der Waals surface area (Å²) >= 11 is 0. The van der Waals surface area contributed by atoms with Crippen molar-refractivity contribution < 1.29 is 9.18 Å². The van der Waals surface area contributed by atoms with Crippen molar-refractivity contribution in [3.8, 4) is 0 Å². The van der Waals surface area contributed by atoms with Crippen molar-refractivity contribution in [2.75, 3.05) is 13.1 Å². The van der Waals surface area contributed by atoms with Crippen LogP contribution in [-0.4, -0.2) is 29.9 Å². The molecule has 1 aliphatic heterocycles. The number of hydrogen-bond acceptors (Lipinski definition) is 2. The van der Waals surface area contributed by atoms with Crippen molar-refractivity contribution in [1.82, 2.24) is 10.2 Å². The summed E-state index contributed by atoms with van der Waals surface area (Å²) in [6, 6.07) is 17.4. The van der Waals surface area contributed by atoms with Gasteiger partial charge in [-0.3, -0.25) is 9.69 Å². The molecule has 1 saturated heterocycles. The molecule has 1 N–H and O–H groups in total. The lowest BCUT2D eigenvalue weighted by atomic mass is 9.87. The fourth-order valence-electron chi connectivity index (χ4n) is 5.31. The molecule has 3 nitrogen and oxygen atoms in total. The summed E-state index contributed by atoms with van der Waals surface area (Å²) in [5.41, 5.74) is 1.85. The monoisotopic (exact) mass is 394 g/mol. The molecule has 0 bridgehead atoms. The predicted octanol–water partition coefficient (Wildman–Crippen LogP) is 4.59. The Kier molecular flexibility index (Phi) is 6.00. The predicted molar refractivity (Wildman–Crippen MR) is 114 cm³/mol. The van der Waals surface area contributed by atoms with E-state index in [2.05, 4.69) is 24.1 Å².